The fraction of sp³-hybridized carbons (Fsp3) is 0.500. The van der Waals surface area contributed by atoms with E-state index in [1.165, 1.54) is 5.56 Å². The largest absolute Gasteiger partial charge is 0.313 e. The van der Waals surface area contributed by atoms with E-state index in [4.69, 9.17) is 23.2 Å². The maximum Gasteiger partial charge on any atom is 0.0435 e. The van der Waals surface area contributed by atoms with Gasteiger partial charge in [-0.25, -0.2) is 0 Å². The van der Waals surface area contributed by atoms with Gasteiger partial charge in [0.1, 0.15) is 0 Å². The molecule has 0 saturated heterocycles. The van der Waals surface area contributed by atoms with Crippen molar-refractivity contribution in [3.05, 3.63) is 34.3 Å². The quantitative estimate of drug-likeness (QED) is 0.616. The normalized spacial score (nSPS) is 12.8. The minimum absolute atomic E-state index is 0.240. The van der Waals surface area contributed by atoms with Crippen molar-refractivity contribution in [2.24, 2.45) is 0 Å². The van der Waals surface area contributed by atoms with E-state index in [2.05, 4.69) is 11.4 Å². The predicted octanol–water partition coefficient (Wildman–Crippen LogP) is 3.76. The first-order valence-corrected chi connectivity index (χ1v) is 6.01. The molecular formula is C12H17Cl2N. The van der Waals surface area contributed by atoms with Gasteiger partial charge in [0.25, 0.3) is 0 Å². The monoisotopic (exact) mass is 245 g/mol. The maximum absolute atomic E-state index is 5.95. The molecule has 0 amide bonds. The van der Waals surface area contributed by atoms with Gasteiger partial charge in [-0.2, -0.15) is 0 Å². The van der Waals surface area contributed by atoms with E-state index in [0.717, 1.165) is 30.1 Å². The number of benzene rings is 1. The highest BCUT2D eigenvalue weighted by atomic mass is 35.5. The van der Waals surface area contributed by atoms with E-state index in [0.29, 0.717) is 0 Å². The maximum atomic E-state index is 5.95. The van der Waals surface area contributed by atoms with E-state index in [-0.39, 0.29) is 5.38 Å². The molecule has 0 bridgehead atoms. The molecule has 1 unspecified atom stereocenters. The molecular weight excluding hydrogens is 229 g/mol. The van der Waals surface area contributed by atoms with Gasteiger partial charge in [0.15, 0.2) is 0 Å². The fourth-order valence-corrected chi connectivity index (χ4v) is 1.58. The van der Waals surface area contributed by atoms with Crippen LogP contribution in [0.5, 0.6) is 0 Å². The summed E-state index contributed by atoms with van der Waals surface area (Å²) in [6.07, 6.45) is 0.994. The van der Waals surface area contributed by atoms with Crippen LogP contribution in [0.4, 0.5) is 0 Å². The predicted molar refractivity (Wildman–Crippen MR) is 67.8 cm³/mol. The van der Waals surface area contributed by atoms with Crippen molar-refractivity contribution in [3.8, 4) is 0 Å². The highest BCUT2D eigenvalue weighted by Gasteiger charge is 1.98. The average Bonchev–Trinajstić information content (AvgIpc) is 2.18. The summed E-state index contributed by atoms with van der Waals surface area (Å²) in [5, 5.41) is 4.42. The molecule has 1 atom stereocenters. The van der Waals surface area contributed by atoms with Gasteiger partial charge in [-0.3, -0.25) is 0 Å². The Balaban J connectivity index is 2.35. The second kappa shape index (κ2) is 6.37. The fourth-order valence-electron chi connectivity index (χ4n) is 1.35. The third kappa shape index (κ3) is 4.87. The molecule has 1 N–H and O–H groups in total. The van der Waals surface area contributed by atoms with Crippen LogP contribution in [0.3, 0.4) is 0 Å². The van der Waals surface area contributed by atoms with Crippen LogP contribution in [0, 0.1) is 6.92 Å². The first-order chi connectivity index (χ1) is 7.09. The van der Waals surface area contributed by atoms with Gasteiger partial charge < -0.3 is 5.32 Å². The van der Waals surface area contributed by atoms with Crippen LogP contribution in [0.2, 0.25) is 5.02 Å². The molecule has 1 aromatic rings. The van der Waals surface area contributed by atoms with Gasteiger partial charge in [-0.1, -0.05) is 23.7 Å². The minimum Gasteiger partial charge on any atom is -0.313 e. The van der Waals surface area contributed by atoms with E-state index in [1.54, 1.807) is 0 Å². The Morgan fingerprint density at radius 2 is 2.13 bits per heavy atom. The second-order valence-corrected chi connectivity index (χ2v) is 4.98. The van der Waals surface area contributed by atoms with Crippen molar-refractivity contribution < 1.29 is 0 Å². The summed E-state index contributed by atoms with van der Waals surface area (Å²) >= 11 is 11.8. The Morgan fingerprint density at radius 3 is 2.73 bits per heavy atom. The van der Waals surface area contributed by atoms with Crippen molar-refractivity contribution in [2.75, 3.05) is 6.54 Å². The number of hydrogen-bond donors (Lipinski definition) is 1. The number of halogens is 2. The molecule has 1 nitrogen and oxygen atoms in total. The van der Waals surface area contributed by atoms with Crippen molar-refractivity contribution in [3.63, 3.8) is 0 Å². The lowest BCUT2D eigenvalue weighted by molar-refractivity contribution is 0.644. The standard InChI is InChI=1S/C12H17Cl2N/c1-9-7-11(3-4-12(9)14)8-15-6-5-10(2)13/h3-4,7,10,15H,5-6,8H2,1-2H3. The smallest absolute Gasteiger partial charge is 0.0435 e. The molecule has 15 heavy (non-hydrogen) atoms. The van der Waals surface area contributed by atoms with Crippen molar-refractivity contribution in [2.45, 2.75) is 32.2 Å². The Hall–Kier alpha value is -0.240. The molecule has 0 aliphatic rings. The third-order valence-electron chi connectivity index (χ3n) is 2.27. The summed E-state index contributed by atoms with van der Waals surface area (Å²) in [6, 6.07) is 6.10. The molecule has 3 heteroatoms. The molecule has 0 aliphatic carbocycles. The first-order valence-electron chi connectivity index (χ1n) is 5.19. The van der Waals surface area contributed by atoms with Crippen LogP contribution >= 0.6 is 23.2 Å². The number of nitrogens with one attached hydrogen (secondary N) is 1. The molecule has 84 valence electrons. The lowest BCUT2D eigenvalue weighted by Crippen LogP contribution is -2.17. The SMILES string of the molecule is Cc1cc(CNCCC(C)Cl)ccc1Cl. The lowest BCUT2D eigenvalue weighted by Gasteiger charge is -2.07. The summed E-state index contributed by atoms with van der Waals surface area (Å²) < 4.78 is 0. The zero-order valence-electron chi connectivity index (χ0n) is 9.19. The van der Waals surface area contributed by atoms with Crippen molar-refractivity contribution in [1.82, 2.24) is 5.32 Å². The summed E-state index contributed by atoms with van der Waals surface area (Å²) in [5.41, 5.74) is 2.39. The molecule has 0 heterocycles. The van der Waals surface area contributed by atoms with Crippen molar-refractivity contribution >= 4 is 23.2 Å². The number of rotatable bonds is 5. The molecule has 0 aromatic heterocycles. The van der Waals surface area contributed by atoms with Crippen LogP contribution in [-0.4, -0.2) is 11.9 Å². The zero-order chi connectivity index (χ0) is 11.3. The first kappa shape index (κ1) is 12.8. The molecule has 0 aliphatic heterocycles. The van der Waals surface area contributed by atoms with Crippen LogP contribution in [0.15, 0.2) is 18.2 Å². The number of aryl methyl sites for hydroxylation is 1. The van der Waals surface area contributed by atoms with Gasteiger partial charge in [0.2, 0.25) is 0 Å². The molecule has 0 spiro atoms. The Morgan fingerprint density at radius 1 is 1.40 bits per heavy atom. The van der Waals surface area contributed by atoms with Gasteiger partial charge in [0.05, 0.1) is 0 Å². The summed E-state index contributed by atoms with van der Waals surface area (Å²) in [4.78, 5) is 0. The van der Waals surface area contributed by atoms with E-state index in [1.807, 2.05) is 26.0 Å². The van der Waals surface area contributed by atoms with Gasteiger partial charge in [-0.05, 0) is 44.0 Å². The number of hydrogen-bond acceptors (Lipinski definition) is 1. The number of alkyl halides is 1. The second-order valence-electron chi connectivity index (χ2n) is 3.83. The highest BCUT2D eigenvalue weighted by Crippen LogP contribution is 2.16. The zero-order valence-corrected chi connectivity index (χ0v) is 10.7. The van der Waals surface area contributed by atoms with Crippen LogP contribution in [0.1, 0.15) is 24.5 Å². The summed E-state index contributed by atoms with van der Waals surface area (Å²) in [5.74, 6) is 0. The minimum atomic E-state index is 0.240. The van der Waals surface area contributed by atoms with Crippen LogP contribution in [0.25, 0.3) is 0 Å². The van der Waals surface area contributed by atoms with Gasteiger partial charge >= 0.3 is 0 Å². The molecule has 1 aromatic carbocycles. The van der Waals surface area contributed by atoms with E-state index in [9.17, 15) is 0 Å². The van der Waals surface area contributed by atoms with Crippen LogP contribution < -0.4 is 5.32 Å². The Bertz CT molecular complexity index is 310. The topological polar surface area (TPSA) is 12.0 Å². The Labute approximate surface area is 102 Å². The molecule has 0 saturated carbocycles. The lowest BCUT2D eigenvalue weighted by atomic mass is 10.1. The molecule has 0 fully saturated rings. The average molecular weight is 246 g/mol. The summed E-state index contributed by atoms with van der Waals surface area (Å²) in [7, 11) is 0. The summed E-state index contributed by atoms with van der Waals surface area (Å²) in [6.45, 7) is 5.86. The molecule has 1 rings (SSSR count). The van der Waals surface area contributed by atoms with Crippen molar-refractivity contribution in [1.29, 1.82) is 0 Å². The van der Waals surface area contributed by atoms with Crippen LogP contribution in [-0.2, 0) is 6.54 Å². The van der Waals surface area contributed by atoms with Gasteiger partial charge in [-0.15, -0.1) is 11.6 Å². The van der Waals surface area contributed by atoms with E-state index < -0.39 is 0 Å². The Kier molecular flexibility index (Phi) is 5.44. The highest BCUT2D eigenvalue weighted by molar-refractivity contribution is 6.31. The van der Waals surface area contributed by atoms with Gasteiger partial charge in [0, 0.05) is 16.9 Å². The third-order valence-corrected chi connectivity index (χ3v) is 2.91. The van der Waals surface area contributed by atoms with E-state index >= 15 is 0 Å². The molecule has 0 radical (unpaired) electrons.